The Balaban J connectivity index is 1.63. The fourth-order valence-corrected chi connectivity index (χ4v) is 3.37. The lowest BCUT2D eigenvalue weighted by atomic mass is 9.79. The van der Waals surface area contributed by atoms with Crippen LogP contribution in [-0.2, 0) is 9.53 Å². The van der Waals surface area contributed by atoms with Gasteiger partial charge in [-0.05, 0) is 38.2 Å². The molecule has 0 radical (unpaired) electrons. The standard InChI is InChI=1S/C17H23NO3/c1-2-21-13-9-12(10-13)11-17(20)18-8-7-16(19)14-5-3-4-6-15(14)18/h3-6,12-13,16,19H,2,7-11H2,1H3. The molecule has 1 unspecified atom stereocenters. The van der Waals surface area contributed by atoms with Crippen molar-refractivity contribution in [3.63, 3.8) is 0 Å². The van der Waals surface area contributed by atoms with E-state index in [2.05, 4.69) is 0 Å². The van der Waals surface area contributed by atoms with Gasteiger partial charge in [0.2, 0.25) is 5.91 Å². The summed E-state index contributed by atoms with van der Waals surface area (Å²) in [6, 6.07) is 7.67. The van der Waals surface area contributed by atoms with Gasteiger partial charge in [0.15, 0.2) is 0 Å². The Labute approximate surface area is 125 Å². The summed E-state index contributed by atoms with van der Waals surface area (Å²) in [7, 11) is 0. The zero-order valence-corrected chi connectivity index (χ0v) is 12.5. The molecule has 0 bridgehead atoms. The summed E-state index contributed by atoms with van der Waals surface area (Å²) >= 11 is 0. The van der Waals surface area contributed by atoms with Crippen molar-refractivity contribution < 1.29 is 14.6 Å². The third-order valence-corrected chi connectivity index (χ3v) is 4.57. The molecule has 114 valence electrons. The van der Waals surface area contributed by atoms with Gasteiger partial charge >= 0.3 is 0 Å². The maximum atomic E-state index is 12.5. The number of ether oxygens (including phenoxy) is 1. The maximum Gasteiger partial charge on any atom is 0.227 e. The van der Waals surface area contributed by atoms with Crippen LogP contribution in [0.15, 0.2) is 24.3 Å². The van der Waals surface area contributed by atoms with Gasteiger partial charge in [0.25, 0.3) is 0 Å². The summed E-state index contributed by atoms with van der Waals surface area (Å²) in [5.41, 5.74) is 1.75. The molecule has 1 amide bonds. The number of aliphatic hydroxyl groups excluding tert-OH is 1. The number of amides is 1. The van der Waals surface area contributed by atoms with Gasteiger partial charge in [-0.1, -0.05) is 18.2 Å². The van der Waals surface area contributed by atoms with Gasteiger partial charge in [-0.3, -0.25) is 4.79 Å². The molecule has 0 aromatic heterocycles. The van der Waals surface area contributed by atoms with Gasteiger partial charge in [-0.25, -0.2) is 0 Å². The fourth-order valence-electron chi connectivity index (χ4n) is 3.37. The maximum absolute atomic E-state index is 12.5. The number of anilines is 1. The van der Waals surface area contributed by atoms with Crippen LogP contribution in [0.5, 0.6) is 0 Å². The fraction of sp³-hybridized carbons (Fsp3) is 0.588. The first-order chi connectivity index (χ1) is 10.2. The number of carbonyl (C=O) groups excluding carboxylic acids is 1. The van der Waals surface area contributed by atoms with Crippen LogP contribution in [0, 0.1) is 5.92 Å². The number of nitrogens with zero attached hydrogens (tertiary/aromatic N) is 1. The monoisotopic (exact) mass is 289 g/mol. The first kappa shape index (κ1) is 14.5. The topological polar surface area (TPSA) is 49.8 Å². The highest BCUT2D eigenvalue weighted by atomic mass is 16.5. The molecule has 1 aromatic carbocycles. The minimum Gasteiger partial charge on any atom is -0.388 e. The SMILES string of the molecule is CCOC1CC(CC(=O)N2CCC(O)c3ccccc32)C1. The van der Waals surface area contributed by atoms with E-state index < -0.39 is 6.10 Å². The van der Waals surface area contributed by atoms with Crippen LogP contribution in [0.25, 0.3) is 0 Å². The summed E-state index contributed by atoms with van der Waals surface area (Å²) in [5.74, 6) is 0.627. The molecule has 2 aliphatic rings. The van der Waals surface area contributed by atoms with Crippen LogP contribution >= 0.6 is 0 Å². The number of carbonyl (C=O) groups is 1. The van der Waals surface area contributed by atoms with Crippen molar-refractivity contribution in [3.8, 4) is 0 Å². The second-order valence-electron chi connectivity index (χ2n) is 6.03. The summed E-state index contributed by atoms with van der Waals surface area (Å²) in [6.45, 7) is 3.37. The zero-order valence-electron chi connectivity index (χ0n) is 12.5. The quantitative estimate of drug-likeness (QED) is 0.927. The van der Waals surface area contributed by atoms with Crippen molar-refractivity contribution in [2.45, 2.75) is 44.8 Å². The van der Waals surface area contributed by atoms with E-state index in [0.29, 0.717) is 31.4 Å². The van der Waals surface area contributed by atoms with Crippen LogP contribution in [0.1, 0.15) is 44.3 Å². The molecule has 1 heterocycles. The molecule has 1 fully saturated rings. The van der Waals surface area contributed by atoms with Crippen molar-refractivity contribution in [3.05, 3.63) is 29.8 Å². The average molecular weight is 289 g/mol. The highest BCUT2D eigenvalue weighted by molar-refractivity contribution is 5.94. The van der Waals surface area contributed by atoms with Crippen molar-refractivity contribution in [1.82, 2.24) is 0 Å². The van der Waals surface area contributed by atoms with Gasteiger partial charge in [-0.2, -0.15) is 0 Å². The van der Waals surface area contributed by atoms with Crippen LogP contribution in [0.2, 0.25) is 0 Å². The second-order valence-corrected chi connectivity index (χ2v) is 6.03. The number of hydrogen-bond donors (Lipinski definition) is 1. The Morgan fingerprint density at radius 1 is 1.38 bits per heavy atom. The number of rotatable bonds is 4. The van der Waals surface area contributed by atoms with Gasteiger partial charge in [0.1, 0.15) is 0 Å². The van der Waals surface area contributed by atoms with E-state index in [4.69, 9.17) is 4.74 Å². The lowest BCUT2D eigenvalue weighted by Gasteiger charge is -2.37. The molecular formula is C17H23NO3. The van der Waals surface area contributed by atoms with E-state index in [9.17, 15) is 9.90 Å². The predicted octanol–water partition coefficient (Wildman–Crippen LogP) is 2.66. The lowest BCUT2D eigenvalue weighted by molar-refractivity contribution is -0.122. The van der Waals surface area contributed by atoms with E-state index in [1.807, 2.05) is 36.1 Å². The number of para-hydroxylation sites is 1. The third-order valence-electron chi connectivity index (χ3n) is 4.57. The van der Waals surface area contributed by atoms with Crippen molar-refractivity contribution in [2.75, 3.05) is 18.1 Å². The molecule has 1 aromatic rings. The zero-order chi connectivity index (χ0) is 14.8. The van der Waals surface area contributed by atoms with Gasteiger partial charge < -0.3 is 14.7 Å². The molecule has 1 saturated carbocycles. The predicted molar refractivity (Wildman–Crippen MR) is 81.1 cm³/mol. The molecule has 4 nitrogen and oxygen atoms in total. The van der Waals surface area contributed by atoms with Crippen LogP contribution in [0.3, 0.4) is 0 Å². The van der Waals surface area contributed by atoms with E-state index in [-0.39, 0.29) is 5.91 Å². The van der Waals surface area contributed by atoms with Crippen LogP contribution in [-0.4, -0.2) is 30.3 Å². The second kappa shape index (κ2) is 6.16. The van der Waals surface area contributed by atoms with E-state index in [1.54, 1.807) is 0 Å². The molecule has 1 atom stereocenters. The minimum atomic E-state index is -0.448. The average Bonchev–Trinajstić information content (AvgIpc) is 2.45. The Morgan fingerprint density at radius 2 is 2.14 bits per heavy atom. The third kappa shape index (κ3) is 2.97. The van der Waals surface area contributed by atoms with Gasteiger partial charge in [-0.15, -0.1) is 0 Å². The molecule has 21 heavy (non-hydrogen) atoms. The van der Waals surface area contributed by atoms with Crippen LogP contribution in [0.4, 0.5) is 5.69 Å². The highest BCUT2D eigenvalue weighted by Crippen LogP contribution is 2.37. The summed E-state index contributed by atoms with van der Waals surface area (Å²) < 4.78 is 5.55. The molecule has 1 N–H and O–H groups in total. The largest absolute Gasteiger partial charge is 0.388 e. The number of benzene rings is 1. The Bertz CT molecular complexity index is 511. The number of fused-ring (bicyclic) bond motifs is 1. The molecule has 4 heteroatoms. The summed E-state index contributed by atoms with van der Waals surface area (Å²) in [6.07, 6.45) is 3.11. The molecule has 1 aliphatic heterocycles. The lowest BCUT2D eigenvalue weighted by Crippen LogP contribution is -2.40. The molecule has 0 spiro atoms. The molecule has 0 saturated heterocycles. The minimum absolute atomic E-state index is 0.175. The molecule has 1 aliphatic carbocycles. The Kier molecular flexibility index (Phi) is 4.27. The normalized spacial score (nSPS) is 27.9. The van der Waals surface area contributed by atoms with Gasteiger partial charge in [0.05, 0.1) is 12.2 Å². The number of aliphatic hydroxyl groups is 1. The highest BCUT2D eigenvalue weighted by Gasteiger charge is 2.34. The van der Waals surface area contributed by atoms with E-state index >= 15 is 0 Å². The Hall–Kier alpha value is -1.39. The van der Waals surface area contributed by atoms with Crippen LogP contribution < -0.4 is 4.90 Å². The first-order valence-electron chi connectivity index (χ1n) is 7.88. The molecule has 3 rings (SSSR count). The van der Waals surface area contributed by atoms with Crippen molar-refractivity contribution in [1.29, 1.82) is 0 Å². The van der Waals surface area contributed by atoms with Crippen molar-refractivity contribution >= 4 is 11.6 Å². The van der Waals surface area contributed by atoms with Crippen molar-refractivity contribution in [2.24, 2.45) is 5.92 Å². The molecular weight excluding hydrogens is 266 g/mol. The number of hydrogen-bond acceptors (Lipinski definition) is 3. The van der Waals surface area contributed by atoms with E-state index in [0.717, 1.165) is 30.7 Å². The van der Waals surface area contributed by atoms with E-state index in [1.165, 1.54) is 0 Å². The summed E-state index contributed by atoms with van der Waals surface area (Å²) in [5, 5.41) is 10.0. The van der Waals surface area contributed by atoms with Gasteiger partial charge in [0, 0.05) is 30.8 Å². The summed E-state index contributed by atoms with van der Waals surface area (Å²) in [4.78, 5) is 14.4. The Morgan fingerprint density at radius 3 is 2.90 bits per heavy atom. The first-order valence-corrected chi connectivity index (χ1v) is 7.88. The smallest absolute Gasteiger partial charge is 0.227 e.